The molecule has 0 aromatic heterocycles. The van der Waals surface area contributed by atoms with Crippen molar-refractivity contribution in [1.82, 2.24) is 0 Å². The van der Waals surface area contributed by atoms with E-state index in [0.717, 1.165) is 64.2 Å². The van der Waals surface area contributed by atoms with Crippen molar-refractivity contribution in [3.05, 3.63) is 72.9 Å². The molecular weight excluding hydrogens is 1120 g/mol. The molecule has 1 N–H and O–H groups in total. The van der Waals surface area contributed by atoms with Gasteiger partial charge in [0.05, 0.1) is 6.61 Å². The number of carbonyl (C=O) groups excluding carboxylic acids is 2. The fourth-order valence-electron chi connectivity index (χ4n) is 12.8. The molecule has 0 saturated carbocycles. The van der Waals surface area contributed by atoms with Crippen LogP contribution in [0.15, 0.2) is 72.9 Å². The van der Waals surface area contributed by atoms with Gasteiger partial charge in [0, 0.05) is 12.8 Å². The number of carbonyl (C=O) groups is 2. The molecule has 0 rings (SSSR count). The SMILES string of the molecule is CC/C=C\C/C=C\C/C=C\C/C=C\C/C=C\CCCCCCCCCCCCCCCCCCCCCCCC(=O)OC(CO)COC(=O)CCCCCCCCCCCCCCCCCCCCCCCCCCCCCCC/C=C\CCCCCCCCCC. The number of rotatable bonds is 78. The van der Waals surface area contributed by atoms with Crippen LogP contribution in [0.4, 0.5) is 0 Å². The summed E-state index contributed by atoms with van der Waals surface area (Å²) in [5, 5.41) is 9.74. The van der Waals surface area contributed by atoms with Crippen LogP contribution in [0.25, 0.3) is 0 Å². The Morgan fingerprint density at radius 1 is 0.261 bits per heavy atom. The second kappa shape index (κ2) is 82.6. The summed E-state index contributed by atoms with van der Waals surface area (Å²) in [7, 11) is 0. The zero-order valence-electron chi connectivity index (χ0n) is 62.1. The minimum absolute atomic E-state index is 0.0602. The first-order valence-electron chi connectivity index (χ1n) is 41.5. The van der Waals surface area contributed by atoms with Crippen molar-refractivity contribution >= 4 is 11.9 Å². The summed E-state index contributed by atoms with van der Waals surface area (Å²) >= 11 is 0. The molecule has 0 fully saturated rings. The van der Waals surface area contributed by atoms with E-state index in [1.54, 1.807) is 0 Å². The van der Waals surface area contributed by atoms with Crippen LogP contribution in [-0.2, 0) is 19.1 Å². The van der Waals surface area contributed by atoms with Gasteiger partial charge in [0.1, 0.15) is 6.61 Å². The molecule has 0 aliphatic heterocycles. The Bertz CT molecular complexity index is 1600. The van der Waals surface area contributed by atoms with Gasteiger partial charge in [-0.1, -0.05) is 427 Å². The van der Waals surface area contributed by atoms with Gasteiger partial charge in [-0.3, -0.25) is 9.59 Å². The van der Waals surface area contributed by atoms with E-state index in [1.807, 2.05) is 0 Å². The van der Waals surface area contributed by atoms with E-state index >= 15 is 0 Å². The number of aliphatic hydroxyl groups excluding tert-OH is 1. The minimum atomic E-state index is -0.772. The van der Waals surface area contributed by atoms with Gasteiger partial charge in [-0.2, -0.15) is 0 Å². The number of hydrogen-bond donors (Lipinski definition) is 1. The predicted molar refractivity (Wildman–Crippen MR) is 408 cm³/mol. The first kappa shape index (κ1) is 89.3. The largest absolute Gasteiger partial charge is 0.462 e. The molecule has 0 aromatic rings. The monoisotopic (exact) mass is 1290 g/mol. The summed E-state index contributed by atoms with van der Waals surface area (Å²) in [4.78, 5) is 24.7. The Morgan fingerprint density at radius 2 is 0.467 bits per heavy atom. The number of aliphatic hydroxyl groups is 1. The zero-order valence-corrected chi connectivity index (χ0v) is 62.1. The van der Waals surface area contributed by atoms with Gasteiger partial charge in [0.25, 0.3) is 0 Å². The van der Waals surface area contributed by atoms with Crippen LogP contribution >= 0.6 is 0 Å². The molecule has 0 saturated heterocycles. The number of esters is 2. The third kappa shape index (κ3) is 79.8. The molecule has 0 amide bonds. The fourth-order valence-corrected chi connectivity index (χ4v) is 12.8. The van der Waals surface area contributed by atoms with Gasteiger partial charge < -0.3 is 14.6 Å². The maximum absolute atomic E-state index is 12.4. The normalized spacial score (nSPS) is 12.5. The number of hydrogen-bond acceptors (Lipinski definition) is 5. The standard InChI is InChI=1S/C87H160O5/c1-3-5-7-9-11-13-15-17-19-21-23-25-27-29-31-33-35-37-39-41-42-43-44-46-47-49-51-53-55-57-59-61-63-65-67-69-71-73-75-77-79-81-86(89)91-84-85(83-88)92-87(90)82-80-78-76-74-72-70-68-66-64-62-60-58-56-54-52-50-48-45-40-38-36-34-32-30-28-26-24-22-20-18-16-14-12-10-8-6-4-2/h6,8,12,14,18,20-21,23-24,26,30,32,85,88H,3-5,7,9-11,13,15-17,19,22,25,27-29,31,33-84H2,1-2H3/b8-6-,14-12-,20-18-,23-21-,26-24-,32-30-. The smallest absolute Gasteiger partial charge is 0.306 e. The Balaban J connectivity index is 3.36. The van der Waals surface area contributed by atoms with E-state index < -0.39 is 6.10 Å². The molecular formula is C87H160O5. The lowest BCUT2D eigenvalue weighted by atomic mass is 10.0. The van der Waals surface area contributed by atoms with Crippen molar-refractivity contribution in [2.75, 3.05) is 13.2 Å². The molecule has 0 aromatic carbocycles. The minimum Gasteiger partial charge on any atom is -0.462 e. The highest BCUT2D eigenvalue weighted by Gasteiger charge is 2.16. The van der Waals surface area contributed by atoms with E-state index in [0.29, 0.717) is 12.8 Å². The van der Waals surface area contributed by atoms with Gasteiger partial charge >= 0.3 is 11.9 Å². The van der Waals surface area contributed by atoms with E-state index in [4.69, 9.17) is 9.47 Å². The predicted octanol–water partition coefficient (Wildman–Crippen LogP) is 29.3. The van der Waals surface area contributed by atoms with Gasteiger partial charge in [-0.15, -0.1) is 0 Å². The molecule has 1 unspecified atom stereocenters. The van der Waals surface area contributed by atoms with Crippen LogP contribution in [0.2, 0.25) is 0 Å². The number of allylic oxidation sites excluding steroid dienone is 12. The van der Waals surface area contributed by atoms with Gasteiger partial charge in [0.2, 0.25) is 0 Å². The summed E-state index contributed by atoms with van der Waals surface area (Å²) in [6.45, 7) is 4.09. The molecule has 0 heterocycles. The van der Waals surface area contributed by atoms with E-state index in [9.17, 15) is 14.7 Å². The maximum atomic E-state index is 12.4. The topological polar surface area (TPSA) is 72.8 Å². The lowest BCUT2D eigenvalue weighted by molar-refractivity contribution is -0.161. The molecule has 1 atom stereocenters. The average Bonchev–Trinajstić information content (AvgIpc) is 3.70. The molecule has 92 heavy (non-hydrogen) atoms. The summed E-state index contributed by atoms with van der Waals surface area (Å²) < 4.78 is 10.8. The molecule has 0 bridgehead atoms. The Hall–Kier alpha value is -2.66. The first-order valence-corrected chi connectivity index (χ1v) is 41.5. The van der Waals surface area contributed by atoms with Crippen molar-refractivity contribution in [3.63, 3.8) is 0 Å². The molecule has 0 aliphatic carbocycles. The third-order valence-corrected chi connectivity index (χ3v) is 19.0. The lowest BCUT2D eigenvalue weighted by Gasteiger charge is -2.15. The second-order valence-electron chi connectivity index (χ2n) is 28.2. The summed E-state index contributed by atoms with van der Waals surface area (Å²) in [5.41, 5.74) is 0. The molecule has 0 radical (unpaired) electrons. The van der Waals surface area contributed by atoms with Gasteiger partial charge in [-0.25, -0.2) is 0 Å². The molecule has 0 aliphatic rings. The van der Waals surface area contributed by atoms with Crippen LogP contribution in [0, 0.1) is 0 Å². The zero-order chi connectivity index (χ0) is 66.1. The average molecular weight is 1290 g/mol. The second-order valence-corrected chi connectivity index (χ2v) is 28.2. The van der Waals surface area contributed by atoms with E-state index in [2.05, 4.69) is 86.8 Å². The quantitative estimate of drug-likeness (QED) is 0.0373. The lowest BCUT2D eigenvalue weighted by Crippen LogP contribution is -2.28. The van der Waals surface area contributed by atoms with Crippen molar-refractivity contribution < 1.29 is 24.2 Å². The molecule has 0 spiro atoms. The summed E-state index contributed by atoms with van der Waals surface area (Å²) in [6.07, 6.45) is 116. The third-order valence-electron chi connectivity index (χ3n) is 19.0. The van der Waals surface area contributed by atoms with Crippen LogP contribution in [-0.4, -0.2) is 36.4 Å². The number of unbranched alkanes of at least 4 members (excludes halogenated alkanes) is 58. The number of ether oxygens (including phenoxy) is 2. The molecule has 5 nitrogen and oxygen atoms in total. The first-order chi connectivity index (χ1) is 45.6. The van der Waals surface area contributed by atoms with Crippen LogP contribution < -0.4 is 0 Å². The van der Waals surface area contributed by atoms with Crippen LogP contribution in [0.5, 0.6) is 0 Å². The Kier molecular flexibility index (Phi) is 80.2. The highest BCUT2D eigenvalue weighted by molar-refractivity contribution is 5.70. The molecule has 5 heteroatoms. The van der Waals surface area contributed by atoms with E-state index in [1.165, 1.54) is 360 Å². The highest BCUT2D eigenvalue weighted by Crippen LogP contribution is 2.20. The fraction of sp³-hybridized carbons (Fsp3) is 0.839. The van der Waals surface area contributed by atoms with Crippen molar-refractivity contribution in [1.29, 1.82) is 0 Å². The van der Waals surface area contributed by atoms with Gasteiger partial charge in [0.15, 0.2) is 6.10 Å². The summed E-state index contributed by atoms with van der Waals surface area (Å²) in [6, 6.07) is 0. The van der Waals surface area contributed by atoms with Crippen molar-refractivity contribution in [2.24, 2.45) is 0 Å². The van der Waals surface area contributed by atoms with Crippen LogP contribution in [0.3, 0.4) is 0 Å². The highest BCUT2D eigenvalue weighted by atomic mass is 16.6. The van der Waals surface area contributed by atoms with Gasteiger partial charge in [-0.05, 0) is 83.5 Å². The van der Waals surface area contributed by atoms with Crippen molar-refractivity contribution in [2.45, 2.75) is 457 Å². The Labute approximate surface area is 575 Å². The Morgan fingerprint density at radius 3 is 0.717 bits per heavy atom. The molecule has 538 valence electrons. The van der Waals surface area contributed by atoms with E-state index in [-0.39, 0.29) is 25.2 Å². The van der Waals surface area contributed by atoms with Crippen LogP contribution in [0.1, 0.15) is 450 Å². The summed E-state index contributed by atoms with van der Waals surface area (Å²) in [5.74, 6) is -0.565. The van der Waals surface area contributed by atoms with Crippen molar-refractivity contribution in [3.8, 4) is 0 Å². The maximum Gasteiger partial charge on any atom is 0.306 e.